The molecule has 2 amide bonds. The highest BCUT2D eigenvalue weighted by Crippen LogP contribution is 2.36. The minimum Gasteiger partial charge on any atom is -0.319 e. The van der Waals surface area contributed by atoms with Crippen molar-refractivity contribution in [3.05, 3.63) is 84.1 Å². The lowest BCUT2D eigenvalue weighted by atomic mass is 10.0. The van der Waals surface area contributed by atoms with Crippen LogP contribution in [0.25, 0.3) is 0 Å². The van der Waals surface area contributed by atoms with Crippen LogP contribution in [0.1, 0.15) is 42.1 Å². The van der Waals surface area contributed by atoms with E-state index in [1.807, 2.05) is 24.3 Å². The van der Waals surface area contributed by atoms with E-state index >= 15 is 0 Å². The Labute approximate surface area is 212 Å². The van der Waals surface area contributed by atoms with Gasteiger partial charge in [-0.1, -0.05) is 55.8 Å². The van der Waals surface area contributed by atoms with Crippen molar-refractivity contribution in [1.82, 2.24) is 14.8 Å². The first-order chi connectivity index (χ1) is 17.6. The number of anilines is 3. The number of fused-ring (bicyclic) bond motifs is 2. The molecule has 36 heavy (non-hydrogen) atoms. The number of pyridine rings is 1. The third-order valence-corrected chi connectivity index (χ3v) is 7.14. The molecule has 1 N–H and O–H groups in total. The molecule has 1 aromatic heterocycles. The van der Waals surface area contributed by atoms with Gasteiger partial charge in [-0.15, -0.1) is 0 Å². The smallest absolute Gasteiger partial charge is 0.257 e. The summed E-state index contributed by atoms with van der Waals surface area (Å²) in [5.41, 5.74) is 2.89. The van der Waals surface area contributed by atoms with Crippen molar-refractivity contribution < 1.29 is 9.59 Å². The van der Waals surface area contributed by atoms with E-state index in [0.717, 1.165) is 39.0 Å². The molecule has 0 aliphatic carbocycles. The van der Waals surface area contributed by atoms with E-state index in [9.17, 15) is 9.59 Å². The molecule has 7 nitrogen and oxygen atoms in total. The summed E-state index contributed by atoms with van der Waals surface area (Å²) < 4.78 is 0. The largest absolute Gasteiger partial charge is 0.319 e. The predicted octanol–water partition coefficient (Wildman–Crippen LogP) is 4.69. The van der Waals surface area contributed by atoms with E-state index in [-0.39, 0.29) is 18.4 Å². The molecule has 1 unspecified atom stereocenters. The van der Waals surface area contributed by atoms with Crippen LogP contribution in [0.15, 0.2) is 72.9 Å². The number of hydrogen-bond donors (Lipinski definition) is 1. The normalized spacial score (nSPS) is 17.8. The van der Waals surface area contributed by atoms with E-state index in [1.165, 1.54) is 12.0 Å². The molecule has 1 atom stereocenters. The second-order valence-electron chi connectivity index (χ2n) is 9.51. The summed E-state index contributed by atoms with van der Waals surface area (Å²) in [4.78, 5) is 37.7. The van der Waals surface area contributed by atoms with Crippen molar-refractivity contribution in [2.75, 3.05) is 36.4 Å². The van der Waals surface area contributed by atoms with Gasteiger partial charge in [-0.05, 0) is 55.8 Å². The van der Waals surface area contributed by atoms with E-state index in [2.05, 4.69) is 51.3 Å². The molecule has 1 saturated heterocycles. The first-order valence-corrected chi connectivity index (χ1v) is 12.8. The number of carbonyl (C=O) groups is 2. The van der Waals surface area contributed by atoms with E-state index in [0.29, 0.717) is 28.8 Å². The lowest BCUT2D eigenvalue weighted by Gasteiger charge is -2.39. The average Bonchev–Trinajstić information content (AvgIpc) is 3.03. The molecule has 186 valence electrons. The van der Waals surface area contributed by atoms with Gasteiger partial charge in [0.05, 0.1) is 23.5 Å². The highest BCUT2D eigenvalue weighted by Gasteiger charge is 2.33. The molecular weight excluding hydrogens is 450 g/mol. The van der Waals surface area contributed by atoms with Gasteiger partial charge in [-0.2, -0.15) is 0 Å². The number of amides is 2. The number of aromatic nitrogens is 1. The quantitative estimate of drug-likeness (QED) is 0.528. The summed E-state index contributed by atoms with van der Waals surface area (Å²) in [6, 6.07) is 21.7. The van der Waals surface area contributed by atoms with Crippen molar-refractivity contribution in [1.29, 1.82) is 0 Å². The maximum absolute atomic E-state index is 13.9. The number of hydrogen-bond acceptors (Lipinski definition) is 5. The van der Waals surface area contributed by atoms with Gasteiger partial charge >= 0.3 is 0 Å². The first-order valence-electron chi connectivity index (χ1n) is 12.8. The lowest BCUT2D eigenvalue weighted by molar-refractivity contribution is -0.120. The van der Waals surface area contributed by atoms with Gasteiger partial charge in [0.15, 0.2) is 5.82 Å². The number of rotatable bonds is 7. The number of nitrogens with zero attached hydrogens (tertiary/aromatic N) is 4. The van der Waals surface area contributed by atoms with Crippen LogP contribution in [0.3, 0.4) is 0 Å². The number of likely N-dealkylation sites (tertiary alicyclic amines) is 1. The monoisotopic (exact) mass is 483 g/mol. The Kier molecular flexibility index (Phi) is 7.39. The molecule has 5 rings (SSSR count). The van der Waals surface area contributed by atoms with Crippen molar-refractivity contribution in [3.63, 3.8) is 0 Å². The van der Waals surface area contributed by atoms with Crippen LogP contribution in [-0.4, -0.2) is 58.8 Å². The van der Waals surface area contributed by atoms with Crippen molar-refractivity contribution >= 4 is 29.0 Å². The Hall–Kier alpha value is -3.55. The molecule has 2 aliphatic heterocycles. The summed E-state index contributed by atoms with van der Waals surface area (Å²) >= 11 is 0. The van der Waals surface area contributed by atoms with E-state index < -0.39 is 0 Å². The van der Waals surface area contributed by atoms with Gasteiger partial charge in [-0.25, -0.2) is 4.98 Å². The molecule has 2 aliphatic rings. The Bertz CT molecular complexity index is 1220. The van der Waals surface area contributed by atoms with Crippen LogP contribution < -0.4 is 10.2 Å². The zero-order valence-corrected chi connectivity index (χ0v) is 20.8. The minimum absolute atomic E-state index is 0.0723. The van der Waals surface area contributed by atoms with Crippen LogP contribution >= 0.6 is 0 Å². The molecule has 3 aromatic rings. The number of para-hydroxylation sites is 1. The van der Waals surface area contributed by atoms with Crippen LogP contribution in [0, 0.1) is 0 Å². The summed E-state index contributed by atoms with van der Waals surface area (Å²) in [5, 5.41) is 2.92. The van der Waals surface area contributed by atoms with Gasteiger partial charge in [0, 0.05) is 25.3 Å². The van der Waals surface area contributed by atoms with Crippen LogP contribution in [0.4, 0.5) is 17.2 Å². The fourth-order valence-electron chi connectivity index (χ4n) is 5.25. The third-order valence-electron chi connectivity index (χ3n) is 7.14. The minimum atomic E-state index is -0.231. The molecular formula is C29H33N5O2. The predicted molar refractivity (Wildman–Crippen MR) is 142 cm³/mol. The van der Waals surface area contributed by atoms with Crippen molar-refractivity contribution in [3.8, 4) is 0 Å². The highest BCUT2D eigenvalue weighted by atomic mass is 16.2. The Morgan fingerprint density at radius 1 is 1.06 bits per heavy atom. The fraction of sp³-hybridized carbons (Fsp3) is 0.345. The fourth-order valence-corrected chi connectivity index (χ4v) is 5.25. The third kappa shape index (κ3) is 5.17. The van der Waals surface area contributed by atoms with Crippen molar-refractivity contribution in [2.45, 2.75) is 38.8 Å². The second-order valence-corrected chi connectivity index (χ2v) is 9.51. The Morgan fingerprint density at radius 2 is 1.86 bits per heavy atom. The van der Waals surface area contributed by atoms with E-state index in [1.54, 1.807) is 29.3 Å². The molecule has 2 aromatic carbocycles. The van der Waals surface area contributed by atoms with Crippen LogP contribution in [0.5, 0.6) is 0 Å². The van der Waals surface area contributed by atoms with Gasteiger partial charge in [0.1, 0.15) is 0 Å². The number of carbonyl (C=O) groups excluding carboxylic acids is 2. The summed E-state index contributed by atoms with van der Waals surface area (Å²) in [5.74, 6) is 0.163. The topological polar surface area (TPSA) is 68.8 Å². The van der Waals surface area contributed by atoms with Crippen molar-refractivity contribution in [2.24, 2.45) is 0 Å². The summed E-state index contributed by atoms with van der Waals surface area (Å²) in [6.07, 6.45) is 4.99. The average molecular weight is 484 g/mol. The Balaban J connectivity index is 1.38. The molecule has 0 spiro atoms. The molecule has 1 fully saturated rings. The SMILES string of the molecule is CCN(Cc1ccccc1)CC1CCCCN1CC(=O)N1c2ccccc2C(=O)Nc2cccnc21. The van der Waals surface area contributed by atoms with Gasteiger partial charge in [0.2, 0.25) is 5.91 Å². The van der Waals surface area contributed by atoms with Crippen LogP contribution in [-0.2, 0) is 11.3 Å². The zero-order chi connectivity index (χ0) is 24.9. The van der Waals surface area contributed by atoms with Crippen LogP contribution in [0.2, 0.25) is 0 Å². The number of likely N-dealkylation sites (N-methyl/N-ethyl adjacent to an activating group) is 1. The van der Waals surface area contributed by atoms with Gasteiger partial charge in [-0.3, -0.25) is 24.3 Å². The molecule has 7 heteroatoms. The zero-order valence-electron chi connectivity index (χ0n) is 20.8. The number of benzene rings is 2. The summed E-state index contributed by atoms with van der Waals surface area (Å²) in [7, 11) is 0. The summed E-state index contributed by atoms with van der Waals surface area (Å²) in [6.45, 7) is 6.15. The molecule has 0 saturated carbocycles. The number of nitrogens with one attached hydrogen (secondary N) is 1. The molecule has 0 radical (unpaired) electrons. The molecule has 3 heterocycles. The highest BCUT2D eigenvalue weighted by molar-refractivity contribution is 6.17. The second kappa shape index (κ2) is 11.0. The van der Waals surface area contributed by atoms with Gasteiger partial charge < -0.3 is 5.32 Å². The van der Waals surface area contributed by atoms with E-state index in [4.69, 9.17) is 0 Å². The maximum Gasteiger partial charge on any atom is 0.257 e. The lowest BCUT2D eigenvalue weighted by Crippen LogP contribution is -2.50. The van der Waals surface area contributed by atoms with Gasteiger partial charge in [0.25, 0.3) is 5.91 Å². The maximum atomic E-state index is 13.9. The Morgan fingerprint density at radius 3 is 2.69 bits per heavy atom. The number of piperidine rings is 1. The standard InChI is InChI=1S/C29H33N5O2/c1-2-32(19-22-11-4-3-5-12-22)20-23-13-8-9-18-33(23)21-27(35)34-26-16-7-6-14-24(26)29(36)31-25-15-10-17-30-28(25)34/h3-7,10-12,14-17,23H,2,8-9,13,18-21H2,1H3,(H,31,36). The first kappa shape index (κ1) is 24.2. The molecule has 0 bridgehead atoms.